The lowest BCUT2D eigenvalue weighted by Gasteiger charge is -2.64. The molecule has 1 aromatic carbocycles. The van der Waals surface area contributed by atoms with Crippen LogP contribution < -0.4 is 10.5 Å². The van der Waals surface area contributed by atoms with E-state index >= 15 is 0 Å². The number of hydrogen-bond donors (Lipinski definition) is 1. The van der Waals surface area contributed by atoms with Gasteiger partial charge in [0.2, 0.25) is 0 Å². The van der Waals surface area contributed by atoms with Crippen molar-refractivity contribution in [1.29, 1.82) is 5.26 Å². The van der Waals surface area contributed by atoms with E-state index in [-0.39, 0.29) is 16.6 Å². The molecule has 102 valence electrons. The van der Waals surface area contributed by atoms with Crippen LogP contribution in [0.5, 0.6) is 5.75 Å². The van der Waals surface area contributed by atoms with Gasteiger partial charge in [0.05, 0.1) is 10.6 Å². The summed E-state index contributed by atoms with van der Waals surface area (Å²) < 4.78 is 6.10. The first kappa shape index (κ1) is 14.2. The van der Waals surface area contributed by atoms with Crippen molar-refractivity contribution in [3.63, 3.8) is 0 Å². The minimum atomic E-state index is -0.325. The predicted molar refractivity (Wildman–Crippen MR) is 76.2 cm³/mol. The summed E-state index contributed by atoms with van der Waals surface area (Å²) in [6.07, 6.45) is 0.782. The molecule has 2 N–H and O–H groups in total. The van der Waals surface area contributed by atoms with E-state index in [0.717, 1.165) is 6.42 Å². The van der Waals surface area contributed by atoms with E-state index in [0.29, 0.717) is 16.3 Å². The number of ether oxygens (including phenoxy) is 1. The quantitative estimate of drug-likeness (QED) is 0.901. The number of halogens is 1. The molecule has 0 spiro atoms. The molecule has 2 rings (SSSR count). The largest absolute Gasteiger partial charge is 0.487 e. The van der Waals surface area contributed by atoms with Crippen molar-refractivity contribution in [2.45, 2.75) is 45.3 Å². The van der Waals surface area contributed by atoms with Crippen LogP contribution in [0.2, 0.25) is 5.02 Å². The van der Waals surface area contributed by atoms with Crippen LogP contribution in [-0.2, 0) is 0 Å². The van der Waals surface area contributed by atoms with E-state index < -0.39 is 0 Å². The molecule has 0 aliphatic heterocycles. The molecule has 0 aromatic heterocycles. The van der Waals surface area contributed by atoms with Gasteiger partial charge in [0, 0.05) is 23.4 Å². The third kappa shape index (κ3) is 2.00. The summed E-state index contributed by atoms with van der Waals surface area (Å²) in [6.45, 7) is 8.33. The van der Waals surface area contributed by atoms with Crippen molar-refractivity contribution in [2.24, 2.45) is 11.1 Å². The van der Waals surface area contributed by atoms with Crippen molar-refractivity contribution in [1.82, 2.24) is 0 Å². The van der Waals surface area contributed by atoms with Gasteiger partial charge in [-0.05, 0) is 26.0 Å². The highest BCUT2D eigenvalue weighted by Crippen LogP contribution is 2.57. The van der Waals surface area contributed by atoms with Crippen molar-refractivity contribution < 1.29 is 4.74 Å². The maximum absolute atomic E-state index is 8.86. The van der Waals surface area contributed by atoms with Gasteiger partial charge in [0.25, 0.3) is 0 Å². The third-order valence-electron chi connectivity index (χ3n) is 4.86. The summed E-state index contributed by atoms with van der Waals surface area (Å²) in [5, 5.41) is 9.27. The highest BCUT2D eigenvalue weighted by Gasteiger charge is 2.64. The Morgan fingerprint density at radius 2 is 1.95 bits per heavy atom. The Bertz CT molecular complexity index is 560. The van der Waals surface area contributed by atoms with E-state index in [1.807, 2.05) is 13.0 Å². The maximum atomic E-state index is 8.86. The summed E-state index contributed by atoms with van der Waals surface area (Å²) >= 11 is 6.02. The molecule has 0 radical (unpaired) electrons. The zero-order valence-corrected chi connectivity index (χ0v) is 12.5. The Kier molecular flexibility index (Phi) is 3.08. The first-order valence-corrected chi connectivity index (χ1v) is 6.68. The van der Waals surface area contributed by atoms with Crippen LogP contribution in [0.25, 0.3) is 0 Å². The smallest absolute Gasteiger partial charge is 0.121 e. The SMILES string of the molecule is CC1(C)[C@](C)(Oc2ccc(C#N)c(Cl)c2)C[C@@]1(C)N. The molecule has 1 aliphatic rings. The Labute approximate surface area is 119 Å². The second kappa shape index (κ2) is 4.13. The van der Waals surface area contributed by atoms with Crippen LogP contribution in [-0.4, -0.2) is 11.1 Å². The molecule has 1 aliphatic carbocycles. The number of rotatable bonds is 2. The van der Waals surface area contributed by atoms with Crippen LogP contribution in [0, 0.1) is 16.7 Å². The number of nitrogens with zero attached hydrogens (tertiary/aromatic N) is 1. The molecule has 3 nitrogen and oxygen atoms in total. The standard InChI is InChI=1S/C15H19ClN2O/c1-13(2)14(3,18)9-15(13,4)19-11-6-5-10(8-17)12(16)7-11/h5-7H,9,18H2,1-4H3/t14-,15-/m1/s1. The van der Waals surface area contributed by atoms with E-state index in [9.17, 15) is 0 Å². The average molecular weight is 279 g/mol. The van der Waals surface area contributed by atoms with E-state index in [1.54, 1.807) is 18.2 Å². The molecule has 0 saturated heterocycles. The topological polar surface area (TPSA) is 59.0 Å². The molecule has 1 fully saturated rings. The van der Waals surface area contributed by atoms with Gasteiger partial charge in [0.1, 0.15) is 17.4 Å². The van der Waals surface area contributed by atoms with Crippen LogP contribution in [0.4, 0.5) is 0 Å². The monoisotopic (exact) mass is 278 g/mol. The molecular weight excluding hydrogens is 260 g/mol. The van der Waals surface area contributed by atoms with E-state index in [1.165, 1.54) is 0 Å². The van der Waals surface area contributed by atoms with Gasteiger partial charge in [-0.15, -0.1) is 0 Å². The van der Waals surface area contributed by atoms with Crippen molar-refractivity contribution in [3.8, 4) is 11.8 Å². The number of hydrogen-bond acceptors (Lipinski definition) is 3. The molecule has 0 bridgehead atoms. The highest BCUT2D eigenvalue weighted by atomic mass is 35.5. The van der Waals surface area contributed by atoms with Gasteiger partial charge >= 0.3 is 0 Å². The molecule has 0 amide bonds. The number of nitriles is 1. The Hall–Kier alpha value is -1.24. The molecule has 19 heavy (non-hydrogen) atoms. The van der Waals surface area contributed by atoms with Crippen molar-refractivity contribution >= 4 is 11.6 Å². The fourth-order valence-corrected chi connectivity index (χ4v) is 2.93. The van der Waals surface area contributed by atoms with Crippen LogP contribution >= 0.6 is 11.6 Å². The number of benzene rings is 1. The highest BCUT2D eigenvalue weighted by molar-refractivity contribution is 6.31. The summed E-state index contributed by atoms with van der Waals surface area (Å²) in [7, 11) is 0. The normalized spacial score (nSPS) is 32.3. The summed E-state index contributed by atoms with van der Waals surface area (Å²) in [4.78, 5) is 0. The van der Waals surface area contributed by atoms with Gasteiger partial charge in [-0.1, -0.05) is 25.4 Å². The Balaban J connectivity index is 2.24. The second-order valence-corrected chi connectivity index (χ2v) is 6.71. The summed E-state index contributed by atoms with van der Waals surface area (Å²) in [5.74, 6) is 0.676. The number of nitrogens with two attached hydrogens (primary N) is 1. The fraction of sp³-hybridized carbons (Fsp3) is 0.533. The summed E-state index contributed by atoms with van der Waals surface area (Å²) in [5.41, 5.74) is 6.01. The lowest BCUT2D eigenvalue weighted by Crippen LogP contribution is -2.75. The van der Waals surface area contributed by atoms with E-state index in [2.05, 4.69) is 20.8 Å². The van der Waals surface area contributed by atoms with Gasteiger partial charge in [-0.2, -0.15) is 5.26 Å². The van der Waals surface area contributed by atoms with Gasteiger partial charge in [-0.25, -0.2) is 0 Å². The molecule has 2 atom stereocenters. The minimum Gasteiger partial charge on any atom is -0.487 e. The molecule has 1 aromatic rings. The molecule has 4 heteroatoms. The maximum Gasteiger partial charge on any atom is 0.121 e. The fourth-order valence-electron chi connectivity index (χ4n) is 2.71. The van der Waals surface area contributed by atoms with Gasteiger partial charge < -0.3 is 10.5 Å². The summed E-state index contributed by atoms with van der Waals surface area (Å²) in [6, 6.07) is 7.17. The molecule has 1 saturated carbocycles. The predicted octanol–water partition coefficient (Wildman–Crippen LogP) is 3.50. The van der Waals surface area contributed by atoms with Gasteiger partial charge in [-0.3, -0.25) is 0 Å². The molecule has 0 unspecified atom stereocenters. The third-order valence-corrected chi connectivity index (χ3v) is 5.17. The van der Waals surface area contributed by atoms with Crippen molar-refractivity contribution in [3.05, 3.63) is 28.8 Å². The van der Waals surface area contributed by atoms with Gasteiger partial charge in [0.15, 0.2) is 0 Å². The van der Waals surface area contributed by atoms with Crippen molar-refractivity contribution in [2.75, 3.05) is 0 Å². The van der Waals surface area contributed by atoms with Crippen LogP contribution in [0.15, 0.2) is 18.2 Å². The van der Waals surface area contributed by atoms with Crippen LogP contribution in [0.3, 0.4) is 0 Å². The minimum absolute atomic E-state index is 0.139. The zero-order chi connectivity index (χ0) is 14.5. The second-order valence-electron chi connectivity index (χ2n) is 6.31. The molecule has 0 heterocycles. The van der Waals surface area contributed by atoms with E-state index in [4.69, 9.17) is 27.3 Å². The zero-order valence-electron chi connectivity index (χ0n) is 11.7. The Morgan fingerprint density at radius 3 is 2.37 bits per heavy atom. The van der Waals surface area contributed by atoms with Crippen LogP contribution in [0.1, 0.15) is 39.7 Å². The Morgan fingerprint density at radius 1 is 1.32 bits per heavy atom. The molecular formula is C15H19ClN2O. The average Bonchev–Trinajstić information content (AvgIpc) is 2.28. The first-order valence-electron chi connectivity index (χ1n) is 6.30. The first-order chi connectivity index (χ1) is 8.63. The lowest BCUT2D eigenvalue weighted by molar-refractivity contribution is -0.170. The lowest BCUT2D eigenvalue weighted by atomic mass is 9.48.